The molecule has 0 saturated carbocycles. The summed E-state index contributed by atoms with van der Waals surface area (Å²) < 4.78 is 32.6. The minimum Gasteiger partial charge on any atom is -0.481 e. The van der Waals surface area contributed by atoms with E-state index in [2.05, 4.69) is 4.72 Å². The molecule has 0 atom stereocenters. The van der Waals surface area contributed by atoms with E-state index in [0.717, 1.165) is 6.42 Å². The molecule has 1 rings (SSSR count). The zero-order chi connectivity index (χ0) is 15.2. The highest BCUT2D eigenvalue weighted by atomic mass is 32.2. The number of hydrogen-bond donors (Lipinski definition) is 2. The van der Waals surface area contributed by atoms with Crippen LogP contribution in [0.4, 0.5) is 0 Å². The second-order valence-electron chi connectivity index (χ2n) is 5.13. The van der Waals surface area contributed by atoms with Gasteiger partial charge in [-0.3, -0.25) is 4.79 Å². The number of carboxylic acid groups (broad SMARTS) is 1. The van der Waals surface area contributed by atoms with Crippen molar-refractivity contribution in [1.82, 2.24) is 9.03 Å². The van der Waals surface area contributed by atoms with E-state index in [1.165, 1.54) is 11.4 Å². The molecule has 0 unspecified atom stereocenters. The van der Waals surface area contributed by atoms with Gasteiger partial charge >= 0.3 is 5.97 Å². The fourth-order valence-corrected chi connectivity index (χ4v) is 3.76. The summed E-state index contributed by atoms with van der Waals surface area (Å²) >= 11 is 0. The Hall–Kier alpha value is -0.700. The van der Waals surface area contributed by atoms with Gasteiger partial charge in [-0.05, 0) is 19.3 Å². The van der Waals surface area contributed by atoms with Crippen LogP contribution < -0.4 is 4.72 Å². The second kappa shape index (κ2) is 7.35. The molecule has 1 aliphatic rings. The summed E-state index contributed by atoms with van der Waals surface area (Å²) in [5, 5.41) is 9.38. The number of methoxy groups -OCH3 is 1. The van der Waals surface area contributed by atoms with E-state index >= 15 is 0 Å². The van der Waals surface area contributed by atoms with E-state index < -0.39 is 21.6 Å². The van der Waals surface area contributed by atoms with Crippen molar-refractivity contribution >= 4 is 16.2 Å². The molecule has 118 valence electrons. The quantitative estimate of drug-likeness (QED) is 0.634. The van der Waals surface area contributed by atoms with Crippen LogP contribution >= 0.6 is 0 Å². The van der Waals surface area contributed by atoms with Crippen LogP contribution in [0.3, 0.4) is 0 Å². The lowest BCUT2D eigenvalue weighted by Crippen LogP contribution is -2.50. The van der Waals surface area contributed by atoms with Crippen molar-refractivity contribution in [3.63, 3.8) is 0 Å². The van der Waals surface area contributed by atoms with Crippen LogP contribution in [0.15, 0.2) is 0 Å². The molecule has 20 heavy (non-hydrogen) atoms. The maximum absolute atomic E-state index is 12.0. The highest BCUT2D eigenvalue weighted by Gasteiger charge is 2.42. The Kier molecular flexibility index (Phi) is 6.38. The first-order valence-corrected chi connectivity index (χ1v) is 8.29. The molecule has 1 heterocycles. The first-order valence-electron chi connectivity index (χ1n) is 6.85. The van der Waals surface area contributed by atoms with Gasteiger partial charge in [-0.1, -0.05) is 13.3 Å². The Labute approximate surface area is 120 Å². The van der Waals surface area contributed by atoms with Crippen molar-refractivity contribution in [2.24, 2.45) is 5.41 Å². The third kappa shape index (κ3) is 4.15. The SMILES string of the molecule is CCCC1(C(=O)O)CCN(S(=O)(=O)NCCOC)CC1. The summed E-state index contributed by atoms with van der Waals surface area (Å²) in [7, 11) is -2.03. The van der Waals surface area contributed by atoms with Crippen LogP contribution in [0.25, 0.3) is 0 Å². The van der Waals surface area contributed by atoms with E-state index in [1.54, 1.807) is 0 Å². The minimum absolute atomic E-state index is 0.217. The molecule has 1 fully saturated rings. The zero-order valence-corrected chi connectivity index (χ0v) is 12.9. The summed E-state index contributed by atoms with van der Waals surface area (Å²) in [4.78, 5) is 11.4. The molecule has 8 heteroatoms. The summed E-state index contributed by atoms with van der Waals surface area (Å²) in [5.41, 5.74) is -0.771. The lowest BCUT2D eigenvalue weighted by molar-refractivity contribution is -0.152. The van der Waals surface area contributed by atoms with E-state index in [1.807, 2.05) is 6.92 Å². The van der Waals surface area contributed by atoms with Gasteiger partial charge in [0.15, 0.2) is 0 Å². The Morgan fingerprint density at radius 3 is 2.45 bits per heavy atom. The van der Waals surface area contributed by atoms with E-state index in [4.69, 9.17) is 4.74 Å². The van der Waals surface area contributed by atoms with Gasteiger partial charge in [0.1, 0.15) is 0 Å². The average Bonchev–Trinajstić information content (AvgIpc) is 2.39. The number of aliphatic carboxylic acids is 1. The van der Waals surface area contributed by atoms with Gasteiger partial charge in [-0.25, -0.2) is 0 Å². The summed E-state index contributed by atoms with van der Waals surface area (Å²) in [6, 6.07) is 0. The molecule has 1 saturated heterocycles. The molecular formula is C12H24N2O5S. The number of nitrogens with one attached hydrogen (secondary N) is 1. The average molecular weight is 308 g/mol. The summed E-state index contributed by atoms with van der Waals surface area (Å²) in [6.07, 6.45) is 2.10. The number of carbonyl (C=O) groups is 1. The molecule has 7 nitrogen and oxygen atoms in total. The second-order valence-corrected chi connectivity index (χ2v) is 6.88. The number of hydrogen-bond acceptors (Lipinski definition) is 4. The van der Waals surface area contributed by atoms with Crippen molar-refractivity contribution in [3.05, 3.63) is 0 Å². The molecule has 0 aliphatic carbocycles. The fraction of sp³-hybridized carbons (Fsp3) is 0.917. The molecule has 0 aromatic carbocycles. The Bertz CT molecular complexity index is 416. The maximum atomic E-state index is 12.0. The smallest absolute Gasteiger partial charge is 0.309 e. The summed E-state index contributed by atoms with van der Waals surface area (Å²) in [5.74, 6) is -0.816. The Balaban J connectivity index is 2.62. The van der Waals surface area contributed by atoms with Crippen molar-refractivity contribution in [2.45, 2.75) is 32.6 Å². The number of piperidine rings is 1. The third-order valence-corrected chi connectivity index (χ3v) is 5.41. The molecule has 0 bridgehead atoms. The molecule has 0 aromatic rings. The molecule has 0 aromatic heterocycles. The number of rotatable bonds is 8. The normalized spacial score (nSPS) is 19.9. The van der Waals surface area contributed by atoms with Gasteiger partial charge < -0.3 is 9.84 Å². The maximum Gasteiger partial charge on any atom is 0.309 e. The van der Waals surface area contributed by atoms with Gasteiger partial charge in [0.05, 0.1) is 12.0 Å². The molecular weight excluding hydrogens is 284 g/mol. The van der Waals surface area contributed by atoms with Crippen molar-refractivity contribution in [3.8, 4) is 0 Å². The van der Waals surface area contributed by atoms with Gasteiger partial charge in [-0.15, -0.1) is 0 Å². The predicted octanol–water partition coefficient (Wildman–Crippen LogP) is 0.434. The number of ether oxygens (including phenoxy) is 1. The van der Waals surface area contributed by atoms with Crippen LogP contribution in [-0.2, 0) is 19.7 Å². The van der Waals surface area contributed by atoms with Crippen molar-refractivity contribution < 1.29 is 23.1 Å². The molecule has 0 radical (unpaired) electrons. The van der Waals surface area contributed by atoms with Gasteiger partial charge in [0.25, 0.3) is 10.2 Å². The summed E-state index contributed by atoms with van der Waals surface area (Å²) in [6.45, 7) is 2.96. The Morgan fingerprint density at radius 1 is 1.40 bits per heavy atom. The molecule has 2 N–H and O–H groups in total. The minimum atomic E-state index is -3.54. The van der Waals surface area contributed by atoms with Crippen LogP contribution in [0.5, 0.6) is 0 Å². The first kappa shape index (κ1) is 17.4. The monoisotopic (exact) mass is 308 g/mol. The fourth-order valence-electron chi connectivity index (χ4n) is 2.57. The largest absolute Gasteiger partial charge is 0.481 e. The standard InChI is InChI=1S/C12H24N2O5S/c1-3-4-12(11(15)16)5-8-14(9-6-12)20(17,18)13-7-10-19-2/h13H,3-10H2,1-2H3,(H,15,16). The topological polar surface area (TPSA) is 95.9 Å². The highest BCUT2D eigenvalue weighted by molar-refractivity contribution is 7.87. The highest BCUT2D eigenvalue weighted by Crippen LogP contribution is 2.37. The third-order valence-electron chi connectivity index (χ3n) is 3.79. The van der Waals surface area contributed by atoms with Gasteiger partial charge in [-0.2, -0.15) is 17.4 Å². The lowest BCUT2D eigenvalue weighted by Gasteiger charge is -2.38. The van der Waals surface area contributed by atoms with E-state index in [9.17, 15) is 18.3 Å². The number of carboxylic acids is 1. The molecule has 1 aliphatic heterocycles. The molecule has 0 spiro atoms. The van der Waals surface area contributed by atoms with Crippen LogP contribution in [-0.4, -0.2) is 57.1 Å². The van der Waals surface area contributed by atoms with Crippen LogP contribution in [0.2, 0.25) is 0 Å². The van der Waals surface area contributed by atoms with Crippen molar-refractivity contribution in [1.29, 1.82) is 0 Å². The number of nitrogens with zero attached hydrogens (tertiary/aromatic N) is 1. The van der Waals surface area contributed by atoms with Crippen molar-refractivity contribution in [2.75, 3.05) is 33.4 Å². The molecule has 0 amide bonds. The van der Waals surface area contributed by atoms with E-state index in [0.29, 0.717) is 25.9 Å². The van der Waals surface area contributed by atoms with Gasteiger partial charge in [0, 0.05) is 26.7 Å². The van der Waals surface area contributed by atoms with Crippen LogP contribution in [0, 0.1) is 5.41 Å². The first-order chi connectivity index (χ1) is 9.38. The Morgan fingerprint density at radius 2 is 2.00 bits per heavy atom. The van der Waals surface area contributed by atoms with Crippen LogP contribution in [0.1, 0.15) is 32.6 Å². The van der Waals surface area contributed by atoms with E-state index in [-0.39, 0.29) is 19.6 Å². The predicted molar refractivity (Wildman–Crippen MR) is 74.6 cm³/mol. The zero-order valence-electron chi connectivity index (χ0n) is 12.1. The van der Waals surface area contributed by atoms with Gasteiger partial charge in [0.2, 0.25) is 0 Å². The lowest BCUT2D eigenvalue weighted by atomic mass is 9.75.